The molecular formula is C27H28N4O3. The molecule has 0 saturated carbocycles. The molecule has 3 rings (SSSR count). The van der Waals surface area contributed by atoms with E-state index in [9.17, 15) is 9.59 Å². The average Bonchev–Trinajstić information content (AvgIpc) is 2.89. The lowest BCUT2D eigenvalue weighted by atomic mass is 10.1. The van der Waals surface area contributed by atoms with E-state index in [-0.39, 0.29) is 6.54 Å². The van der Waals surface area contributed by atoms with Crippen LogP contribution in [0.2, 0.25) is 0 Å². The third kappa shape index (κ3) is 7.57. The molecule has 0 saturated heterocycles. The van der Waals surface area contributed by atoms with Crippen molar-refractivity contribution in [1.82, 2.24) is 16.1 Å². The van der Waals surface area contributed by atoms with Gasteiger partial charge in [0.1, 0.15) is 6.04 Å². The molecule has 7 nitrogen and oxygen atoms in total. The van der Waals surface area contributed by atoms with Gasteiger partial charge in [0, 0.05) is 29.8 Å². The molecule has 0 heterocycles. The van der Waals surface area contributed by atoms with Gasteiger partial charge in [-0.15, -0.1) is 0 Å². The summed E-state index contributed by atoms with van der Waals surface area (Å²) in [5.41, 5.74) is 11.5. The maximum atomic E-state index is 12.3. The Hall–Kier alpha value is -3.96. The van der Waals surface area contributed by atoms with E-state index in [4.69, 9.17) is 10.9 Å². The number of rotatable bonds is 9. The first-order chi connectivity index (χ1) is 16.6. The predicted octanol–water partition coefficient (Wildman–Crippen LogP) is 1.98. The summed E-state index contributed by atoms with van der Waals surface area (Å²) in [5, 5.41) is 14.6. The van der Waals surface area contributed by atoms with Crippen molar-refractivity contribution in [2.75, 3.05) is 13.1 Å². The summed E-state index contributed by atoms with van der Waals surface area (Å²) < 4.78 is 0. The van der Waals surface area contributed by atoms with Gasteiger partial charge in [0.2, 0.25) is 0 Å². The number of hydrogen-bond acceptors (Lipinski definition) is 5. The van der Waals surface area contributed by atoms with Crippen LogP contribution in [0.25, 0.3) is 0 Å². The SMILES string of the molecule is NC[C@H](NC(=O)c1ccc(C#Cc2ccc(CNCCc3ccccc3)cc2)cc1)C(=O)NO. The van der Waals surface area contributed by atoms with Gasteiger partial charge in [0.05, 0.1) is 0 Å². The summed E-state index contributed by atoms with van der Waals surface area (Å²) in [6.07, 6.45) is 0.996. The molecule has 3 aromatic rings. The van der Waals surface area contributed by atoms with E-state index >= 15 is 0 Å². The molecule has 0 fully saturated rings. The number of hydrogen-bond donors (Lipinski definition) is 5. The molecular weight excluding hydrogens is 428 g/mol. The molecule has 6 N–H and O–H groups in total. The molecule has 0 unspecified atom stereocenters. The first kappa shape index (κ1) is 24.7. The van der Waals surface area contributed by atoms with Crippen molar-refractivity contribution in [3.8, 4) is 11.8 Å². The molecule has 2 amide bonds. The molecule has 0 spiro atoms. The lowest BCUT2D eigenvalue weighted by molar-refractivity contribution is -0.130. The van der Waals surface area contributed by atoms with Crippen LogP contribution in [0, 0.1) is 11.8 Å². The van der Waals surface area contributed by atoms with Gasteiger partial charge >= 0.3 is 0 Å². The number of carbonyl (C=O) groups excluding carboxylic acids is 2. The van der Waals surface area contributed by atoms with E-state index in [2.05, 4.69) is 58.9 Å². The minimum Gasteiger partial charge on any atom is -0.339 e. The van der Waals surface area contributed by atoms with Crippen molar-refractivity contribution >= 4 is 11.8 Å². The summed E-state index contributed by atoms with van der Waals surface area (Å²) in [4.78, 5) is 23.7. The monoisotopic (exact) mass is 456 g/mol. The van der Waals surface area contributed by atoms with Gasteiger partial charge < -0.3 is 16.4 Å². The highest BCUT2D eigenvalue weighted by Gasteiger charge is 2.19. The van der Waals surface area contributed by atoms with Gasteiger partial charge in [-0.2, -0.15) is 0 Å². The standard InChI is InChI=1S/C27H28N4O3/c28-18-25(27(33)31-34)30-26(32)24-14-12-22(13-15-24)7-6-21-8-10-23(11-9-21)19-29-17-16-20-4-2-1-3-5-20/h1-5,8-15,25,29,34H,16-19,28H2,(H,30,32)(H,31,33)/t25-/m0/s1. The molecule has 0 aliphatic carbocycles. The van der Waals surface area contributed by atoms with Crippen molar-refractivity contribution in [2.45, 2.75) is 19.0 Å². The van der Waals surface area contributed by atoms with Crippen LogP contribution in [0.1, 0.15) is 32.6 Å². The normalized spacial score (nSPS) is 11.1. The number of amides is 2. The van der Waals surface area contributed by atoms with E-state index in [0.717, 1.165) is 30.6 Å². The maximum Gasteiger partial charge on any atom is 0.267 e. The van der Waals surface area contributed by atoms with Crippen molar-refractivity contribution in [2.24, 2.45) is 5.73 Å². The van der Waals surface area contributed by atoms with Crippen molar-refractivity contribution in [3.63, 3.8) is 0 Å². The topological polar surface area (TPSA) is 116 Å². The first-order valence-electron chi connectivity index (χ1n) is 11.0. The zero-order chi connectivity index (χ0) is 24.2. The Kier molecular flexibility index (Phi) is 9.38. The Morgan fingerprint density at radius 1 is 0.853 bits per heavy atom. The van der Waals surface area contributed by atoms with Gasteiger partial charge in [-0.05, 0) is 60.5 Å². The minimum absolute atomic E-state index is 0.135. The molecule has 174 valence electrons. The van der Waals surface area contributed by atoms with Gasteiger partial charge in [0.25, 0.3) is 11.8 Å². The highest BCUT2D eigenvalue weighted by atomic mass is 16.5. The second-order valence-corrected chi connectivity index (χ2v) is 7.67. The molecule has 0 radical (unpaired) electrons. The van der Waals surface area contributed by atoms with Crippen LogP contribution in [-0.2, 0) is 17.8 Å². The fourth-order valence-electron chi connectivity index (χ4n) is 3.22. The van der Waals surface area contributed by atoms with E-state index in [1.54, 1.807) is 24.3 Å². The largest absolute Gasteiger partial charge is 0.339 e. The van der Waals surface area contributed by atoms with Crippen molar-refractivity contribution in [1.29, 1.82) is 0 Å². The lowest BCUT2D eigenvalue weighted by Gasteiger charge is -2.14. The van der Waals surface area contributed by atoms with Crippen molar-refractivity contribution in [3.05, 3.63) is 107 Å². The molecule has 7 heteroatoms. The van der Waals surface area contributed by atoms with Crippen LogP contribution >= 0.6 is 0 Å². The second-order valence-electron chi connectivity index (χ2n) is 7.67. The van der Waals surface area contributed by atoms with E-state index in [1.807, 2.05) is 18.2 Å². The molecule has 0 aliphatic rings. The Labute approximate surface area is 199 Å². The Morgan fingerprint density at radius 2 is 1.47 bits per heavy atom. The maximum absolute atomic E-state index is 12.3. The van der Waals surface area contributed by atoms with Crippen LogP contribution in [0.5, 0.6) is 0 Å². The third-order valence-corrected chi connectivity index (χ3v) is 5.18. The molecule has 34 heavy (non-hydrogen) atoms. The Bertz CT molecular complexity index is 1130. The first-order valence-corrected chi connectivity index (χ1v) is 11.0. The van der Waals surface area contributed by atoms with E-state index in [0.29, 0.717) is 5.56 Å². The Morgan fingerprint density at radius 3 is 2.06 bits per heavy atom. The fourth-order valence-corrected chi connectivity index (χ4v) is 3.22. The van der Waals surface area contributed by atoms with Gasteiger partial charge in [-0.1, -0.05) is 54.3 Å². The summed E-state index contributed by atoms with van der Waals surface area (Å²) in [7, 11) is 0. The predicted molar refractivity (Wildman–Crippen MR) is 131 cm³/mol. The van der Waals surface area contributed by atoms with Crippen LogP contribution in [0.3, 0.4) is 0 Å². The highest BCUT2D eigenvalue weighted by Crippen LogP contribution is 2.07. The third-order valence-electron chi connectivity index (χ3n) is 5.18. The van der Waals surface area contributed by atoms with Crippen molar-refractivity contribution < 1.29 is 14.8 Å². The fraction of sp³-hybridized carbons (Fsp3) is 0.185. The van der Waals surface area contributed by atoms with Crippen LogP contribution in [0.15, 0.2) is 78.9 Å². The lowest BCUT2D eigenvalue weighted by Crippen LogP contribution is -2.50. The summed E-state index contributed by atoms with van der Waals surface area (Å²) in [5.74, 6) is 4.97. The molecule has 0 aromatic heterocycles. The van der Waals surface area contributed by atoms with E-state index < -0.39 is 17.9 Å². The minimum atomic E-state index is -1.01. The van der Waals surface area contributed by atoms with Gasteiger partial charge in [-0.3, -0.25) is 14.8 Å². The Balaban J connectivity index is 1.49. The molecule has 3 aromatic carbocycles. The number of carbonyl (C=O) groups is 2. The summed E-state index contributed by atoms with van der Waals surface area (Å²) >= 11 is 0. The number of benzene rings is 3. The van der Waals surface area contributed by atoms with Crippen LogP contribution < -0.4 is 21.8 Å². The number of nitrogens with two attached hydrogens (primary N) is 1. The van der Waals surface area contributed by atoms with Gasteiger partial charge in [-0.25, -0.2) is 5.48 Å². The molecule has 1 atom stereocenters. The summed E-state index contributed by atoms with van der Waals surface area (Å²) in [6.45, 7) is 1.58. The van der Waals surface area contributed by atoms with Crippen LogP contribution in [0.4, 0.5) is 0 Å². The summed E-state index contributed by atoms with van der Waals surface area (Å²) in [6, 6.07) is 24.2. The molecule has 0 bridgehead atoms. The van der Waals surface area contributed by atoms with E-state index in [1.165, 1.54) is 16.6 Å². The number of nitrogens with one attached hydrogen (secondary N) is 3. The second kappa shape index (κ2) is 12.9. The smallest absolute Gasteiger partial charge is 0.267 e. The van der Waals surface area contributed by atoms with Gasteiger partial charge in [0.15, 0.2) is 0 Å². The zero-order valence-corrected chi connectivity index (χ0v) is 18.8. The zero-order valence-electron chi connectivity index (χ0n) is 18.8. The van der Waals surface area contributed by atoms with Crippen LogP contribution in [-0.4, -0.2) is 36.2 Å². The average molecular weight is 457 g/mol. The molecule has 0 aliphatic heterocycles. The quantitative estimate of drug-likeness (QED) is 0.146. The number of hydroxylamine groups is 1. The highest BCUT2D eigenvalue weighted by molar-refractivity contribution is 5.97.